The van der Waals surface area contributed by atoms with Gasteiger partial charge in [0.2, 0.25) is 0 Å². The third-order valence-electron chi connectivity index (χ3n) is 4.46. The van der Waals surface area contributed by atoms with Crippen LogP contribution in [0.5, 0.6) is 0 Å². The van der Waals surface area contributed by atoms with Crippen LogP contribution in [0.25, 0.3) is 17.1 Å². The first-order valence-corrected chi connectivity index (χ1v) is 8.63. The van der Waals surface area contributed by atoms with Gasteiger partial charge in [0.15, 0.2) is 0 Å². The highest BCUT2D eigenvalue weighted by Gasteiger charge is 2.21. The summed E-state index contributed by atoms with van der Waals surface area (Å²) < 4.78 is 3.76. The second-order valence-corrected chi connectivity index (χ2v) is 6.14. The molecule has 25 heavy (non-hydrogen) atoms. The Morgan fingerprint density at radius 2 is 1.80 bits per heavy atom. The number of rotatable bonds is 5. The zero-order valence-corrected chi connectivity index (χ0v) is 15.2. The lowest BCUT2D eigenvalue weighted by Crippen LogP contribution is -2.32. The molecule has 0 saturated heterocycles. The monoisotopic (exact) mass is 336 g/mol. The predicted octanol–water partition coefficient (Wildman–Crippen LogP) is 3.67. The van der Waals surface area contributed by atoms with E-state index in [-0.39, 0.29) is 5.91 Å². The molecule has 0 radical (unpaired) electrons. The Bertz CT molecular complexity index is 869. The molecule has 0 N–H and O–H groups in total. The van der Waals surface area contributed by atoms with Crippen molar-refractivity contribution in [3.05, 3.63) is 59.9 Å². The van der Waals surface area contributed by atoms with Gasteiger partial charge < -0.3 is 9.47 Å². The van der Waals surface area contributed by atoms with Crippen molar-refractivity contribution in [2.45, 2.75) is 20.8 Å². The van der Waals surface area contributed by atoms with Crippen LogP contribution in [0.1, 0.15) is 29.9 Å². The number of hydrogen-bond donors (Lipinski definition) is 0. The molecule has 2 aromatic heterocycles. The zero-order valence-electron chi connectivity index (χ0n) is 15.2. The van der Waals surface area contributed by atoms with Gasteiger partial charge in [-0.15, -0.1) is 0 Å². The fourth-order valence-corrected chi connectivity index (χ4v) is 2.94. The van der Waals surface area contributed by atoms with Crippen molar-refractivity contribution in [1.82, 2.24) is 19.2 Å². The normalized spacial score (nSPS) is 10.9. The molecule has 0 aliphatic rings. The molecule has 0 fully saturated rings. The van der Waals surface area contributed by atoms with Gasteiger partial charge in [-0.25, -0.2) is 4.68 Å². The maximum absolute atomic E-state index is 13.0. The largest absolute Gasteiger partial charge is 0.349 e. The summed E-state index contributed by atoms with van der Waals surface area (Å²) in [5.41, 5.74) is 4.43. The minimum atomic E-state index is -0.00136. The first kappa shape index (κ1) is 17.0. The molecular weight excluding hydrogens is 312 g/mol. The highest BCUT2D eigenvalue weighted by Crippen LogP contribution is 2.23. The summed E-state index contributed by atoms with van der Waals surface area (Å²) in [5.74, 6) is -0.00136. The molecule has 5 heteroatoms. The second kappa shape index (κ2) is 6.97. The molecular formula is C20H24N4O. The van der Waals surface area contributed by atoms with E-state index in [4.69, 9.17) is 5.10 Å². The summed E-state index contributed by atoms with van der Waals surface area (Å²) in [6, 6.07) is 13.9. The molecule has 0 bridgehead atoms. The average Bonchev–Trinajstić information content (AvgIpc) is 3.22. The summed E-state index contributed by atoms with van der Waals surface area (Å²) in [7, 11) is 1.98. The van der Waals surface area contributed by atoms with Gasteiger partial charge in [0.1, 0.15) is 11.4 Å². The minimum absolute atomic E-state index is 0.00136. The van der Waals surface area contributed by atoms with Crippen molar-refractivity contribution in [2.24, 2.45) is 7.05 Å². The Morgan fingerprint density at radius 3 is 2.36 bits per heavy atom. The Labute approximate surface area is 148 Å². The number of aryl methyl sites for hydroxylation is 2. The van der Waals surface area contributed by atoms with Gasteiger partial charge in [-0.2, -0.15) is 5.10 Å². The van der Waals surface area contributed by atoms with Crippen LogP contribution in [0, 0.1) is 6.92 Å². The molecule has 5 nitrogen and oxygen atoms in total. The quantitative estimate of drug-likeness (QED) is 0.713. The van der Waals surface area contributed by atoms with Gasteiger partial charge in [-0.3, -0.25) is 4.79 Å². The molecule has 0 spiro atoms. The fourth-order valence-electron chi connectivity index (χ4n) is 2.94. The number of aromatic nitrogens is 3. The third-order valence-corrected chi connectivity index (χ3v) is 4.46. The Balaban J connectivity index is 2.14. The van der Waals surface area contributed by atoms with Gasteiger partial charge >= 0.3 is 0 Å². The van der Waals surface area contributed by atoms with Crippen LogP contribution >= 0.6 is 0 Å². The number of carbonyl (C=O) groups excluding carboxylic acids is 1. The molecule has 0 saturated carbocycles. The summed E-state index contributed by atoms with van der Waals surface area (Å²) in [6.07, 6.45) is 1.98. The first-order valence-electron chi connectivity index (χ1n) is 8.63. The van der Waals surface area contributed by atoms with Crippen LogP contribution in [0.2, 0.25) is 0 Å². The molecule has 0 unspecified atom stereocenters. The number of amides is 1. The Hall–Kier alpha value is -2.82. The molecule has 1 amide bonds. The highest BCUT2D eigenvalue weighted by molar-refractivity contribution is 5.94. The maximum Gasteiger partial charge on any atom is 0.272 e. The summed E-state index contributed by atoms with van der Waals surface area (Å²) in [5, 5.41) is 4.73. The minimum Gasteiger partial charge on any atom is -0.349 e. The van der Waals surface area contributed by atoms with Crippen LogP contribution in [0.15, 0.2) is 48.7 Å². The van der Waals surface area contributed by atoms with Crippen molar-refractivity contribution in [2.75, 3.05) is 13.1 Å². The van der Waals surface area contributed by atoms with Gasteiger partial charge in [0, 0.05) is 26.3 Å². The van der Waals surface area contributed by atoms with Crippen LogP contribution < -0.4 is 0 Å². The van der Waals surface area contributed by atoms with E-state index >= 15 is 0 Å². The van der Waals surface area contributed by atoms with E-state index < -0.39 is 0 Å². The standard InChI is InChI=1S/C20H24N4O/c1-5-23(6-2)20(25)19-14-17(18-8-7-13-22(18)4)21-24(19)16-11-9-15(3)10-12-16/h7-14H,5-6H2,1-4H3. The molecule has 0 atom stereocenters. The fraction of sp³-hybridized carbons (Fsp3) is 0.300. The number of hydrogen-bond acceptors (Lipinski definition) is 2. The predicted molar refractivity (Wildman–Crippen MR) is 100.0 cm³/mol. The molecule has 0 aliphatic carbocycles. The van der Waals surface area contributed by atoms with Gasteiger partial charge in [0.05, 0.1) is 11.4 Å². The molecule has 3 aromatic rings. The summed E-state index contributed by atoms with van der Waals surface area (Å²) >= 11 is 0. The van der Waals surface area contributed by atoms with E-state index in [1.165, 1.54) is 5.56 Å². The SMILES string of the molecule is CCN(CC)C(=O)c1cc(-c2cccn2C)nn1-c1ccc(C)cc1. The second-order valence-electron chi connectivity index (χ2n) is 6.14. The van der Waals surface area contributed by atoms with E-state index in [9.17, 15) is 4.79 Å². The lowest BCUT2D eigenvalue weighted by atomic mass is 10.2. The highest BCUT2D eigenvalue weighted by atomic mass is 16.2. The van der Waals surface area contributed by atoms with Gasteiger partial charge in [0.25, 0.3) is 5.91 Å². The molecule has 2 heterocycles. The van der Waals surface area contributed by atoms with E-state index in [1.807, 2.05) is 85.9 Å². The summed E-state index contributed by atoms with van der Waals surface area (Å²) in [4.78, 5) is 14.8. The van der Waals surface area contributed by atoms with Crippen LogP contribution in [-0.4, -0.2) is 38.2 Å². The average molecular weight is 336 g/mol. The number of nitrogens with zero attached hydrogens (tertiary/aromatic N) is 4. The van der Waals surface area contributed by atoms with E-state index in [0.29, 0.717) is 18.8 Å². The van der Waals surface area contributed by atoms with Crippen molar-refractivity contribution >= 4 is 5.91 Å². The van der Waals surface area contributed by atoms with Crippen molar-refractivity contribution in [3.63, 3.8) is 0 Å². The lowest BCUT2D eigenvalue weighted by molar-refractivity contribution is 0.0764. The molecule has 130 valence electrons. The van der Waals surface area contributed by atoms with Crippen LogP contribution in [-0.2, 0) is 7.05 Å². The van der Waals surface area contributed by atoms with Crippen LogP contribution in [0.4, 0.5) is 0 Å². The summed E-state index contributed by atoms with van der Waals surface area (Å²) in [6.45, 7) is 7.38. The van der Waals surface area contributed by atoms with E-state index in [2.05, 4.69) is 0 Å². The van der Waals surface area contributed by atoms with Crippen molar-refractivity contribution in [3.8, 4) is 17.1 Å². The Morgan fingerprint density at radius 1 is 1.12 bits per heavy atom. The lowest BCUT2D eigenvalue weighted by Gasteiger charge is -2.19. The smallest absolute Gasteiger partial charge is 0.272 e. The Kier molecular flexibility index (Phi) is 4.74. The maximum atomic E-state index is 13.0. The van der Waals surface area contributed by atoms with Gasteiger partial charge in [-0.1, -0.05) is 17.7 Å². The van der Waals surface area contributed by atoms with E-state index in [0.717, 1.165) is 17.1 Å². The van der Waals surface area contributed by atoms with Crippen LogP contribution in [0.3, 0.4) is 0 Å². The van der Waals surface area contributed by atoms with Crippen molar-refractivity contribution in [1.29, 1.82) is 0 Å². The first-order chi connectivity index (χ1) is 12.0. The topological polar surface area (TPSA) is 43.1 Å². The molecule has 3 rings (SSSR count). The zero-order chi connectivity index (χ0) is 18.0. The number of carbonyl (C=O) groups is 1. The van der Waals surface area contributed by atoms with Gasteiger partial charge in [-0.05, 0) is 51.1 Å². The number of benzene rings is 1. The third kappa shape index (κ3) is 3.22. The molecule has 0 aliphatic heterocycles. The van der Waals surface area contributed by atoms with E-state index in [1.54, 1.807) is 4.68 Å². The van der Waals surface area contributed by atoms with Crippen molar-refractivity contribution < 1.29 is 4.79 Å². The molecule has 1 aromatic carbocycles.